The van der Waals surface area contributed by atoms with Crippen LogP contribution >= 0.6 is 23.1 Å². The first-order valence-corrected chi connectivity index (χ1v) is 10.8. The van der Waals surface area contributed by atoms with Crippen LogP contribution in [0.1, 0.15) is 17.5 Å². The molecule has 1 aliphatic heterocycles. The number of aromatic nitrogens is 6. The van der Waals surface area contributed by atoms with Crippen LogP contribution in [0.3, 0.4) is 0 Å². The molecule has 0 saturated heterocycles. The highest BCUT2D eigenvalue weighted by Gasteiger charge is 2.29. The highest BCUT2D eigenvalue weighted by Crippen LogP contribution is 2.33. The Hall–Kier alpha value is -3.12. The molecule has 0 bridgehead atoms. The molecule has 4 heterocycles. The first kappa shape index (κ1) is 18.9. The van der Waals surface area contributed by atoms with Gasteiger partial charge in [0.2, 0.25) is 11.0 Å². The van der Waals surface area contributed by atoms with Crippen molar-refractivity contribution < 1.29 is 9.18 Å². The second-order valence-corrected chi connectivity index (χ2v) is 8.85. The summed E-state index contributed by atoms with van der Waals surface area (Å²) < 4.78 is 16.3. The molecule has 5 rings (SSSR count). The number of fused-ring (bicyclic) bond motifs is 2. The van der Waals surface area contributed by atoms with Gasteiger partial charge in [-0.05, 0) is 31.2 Å². The van der Waals surface area contributed by atoms with Crippen molar-refractivity contribution in [3.05, 3.63) is 51.6 Å². The van der Waals surface area contributed by atoms with E-state index in [4.69, 9.17) is 0 Å². The second kappa shape index (κ2) is 7.29. The van der Waals surface area contributed by atoms with Crippen LogP contribution in [0.15, 0.2) is 40.4 Å². The van der Waals surface area contributed by atoms with Crippen molar-refractivity contribution in [2.75, 3.05) is 11.1 Å². The standard InChI is InChI=1S/C18H14FN7O2S2/c1-9-23-24-17(30-9)21-14(27)6-12-8-29-18-22-15-13(16(28)25(12)18)7-20-26(15)11-4-2-10(19)3-5-11/h2-5,7,12H,6,8H2,1H3,(H,21,24,27)/t12-/m1/s1. The maximum atomic E-state index is 13.2. The van der Waals surface area contributed by atoms with Gasteiger partial charge in [-0.2, -0.15) is 5.10 Å². The van der Waals surface area contributed by atoms with Crippen LogP contribution in [0.25, 0.3) is 16.7 Å². The average Bonchev–Trinajstić information content (AvgIpc) is 3.42. The van der Waals surface area contributed by atoms with Crippen molar-refractivity contribution in [2.24, 2.45) is 0 Å². The number of carbonyl (C=O) groups is 1. The molecular formula is C18H14FN7O2S2. The van der Waals surface area contributed by atoms with Gasteiger partial charge in [0, 0.05) is 12.2 Å². The molecule has 0 fully saturated rings. The average molecular weight is 443 g/mol. The lowest BCUT2D eigenvalue weighted by atomic mass is 10.2. The van der Waals surface area contributed by atoms with Gasteiger partial charge in [-0.15, -0.1) is 10.2 Å². The zero-order valence-corrected chi connectivity index (χ0v) is 17.2. The summed E-state index contributed by atoms with van der Waals surface area (Å²) in [5.41, 5.74) is 0.757. The highest BCUT2D eigenvalue weighted by atomic mass is 32.2. The van der Waals surface area contributed by atoms with Gasteiger partial charge in [0.05, 0.1) is 17.9 Å². The van der Waals surface area contributed by atoms with Crippen LogP contribution < -0.4 is 10.9 Å². The number of hydrogen-bond donors (Lipinski definition) is 1. The van der Waals surface area contributed by atoms with Crippen molar-refractivity contribution in [1.82, 2.24) is 29.5 Å². The van der Waals surface area contributed by atoms with Gasteiger partial charge in [0.15, 0.2) is 10.8 Å². The molecule has 1 atom stereocenters. The summed E-state index contributed by atoms with van der Waals surface area (Å²) in [5, 5.41) is 16.8. The van der Waals surface area contributed by atoms with Crippen LogP contribution in [-0.2, 0) is 4.79 Å². The summed E-state index contributed by atoms with van der Waals surface area (Å²) in [6, 6.07) is 5.48. The number of hydrogen-bond acceptors (Lipinski definition) is 8. The largest absolute Gasteiger partial charge is 0.300 e. The quantitative estimate of drug-likeness (QED) is 0.483. The van der Waals surface area contributed by atoms with Crippen LogP contribution in [0.4, 0.5) is 9.52 Å². The van der Waals surface area contributed by atoms with E-state index in [1.54, 1.807) is 23.6 Å². The van der Waals surface area contributed by atoms with Gasteiger partial charge in [0.25, 0.3) is 5.56 Å². The highest BCUT2D eigenvalue weighted by molar-refractivity contribution is 7.99. The molecule has 12 heteroatoms. The third-order valence-corrected chi connectivity index (χ3v) is 6.49. The Kier molecular flexibility index (Phi) is 4.59. The van der Waals surface area contributed by atoms with Gasteiger partial charge in [0.1, 0.15) is 16.2 Å². The zero-order chi connectivity index (χ0) is 20.8. The maximum Gasteiger partial charge on any atom is 0.265 e. The fraction of sp³-hybridized carbons (Fsp3) is 0.222. The number of anilines is 1. The van der Waals surface area contributed by atoms with E-state index >= 15 is 0 Å². The molecule has 152 valence electrons. The minimum atomic E-state index is -0.357. The van der Waals surface area contributed by atoms with Crippen LogP contribution in [0.5, 0.6) is 0 Å². The zero-order valence-electron chi connectivity index (χ0n) is 15.6. The topological polar surface area (TPSA) is 108 Å². The summed E-state index contributed by atoms with van der Waals surface area (Å²) in [6.45, 7) is 1.81. The molecule has 4 aromatic rings. The number of carbonyl (C=O) groups excluding carboxylic acids is 1. The molecule has 1 N–H and O–H groups in total. The molecule has 3 aromatic heterocycles. The lowest BCUT2D eigenvalue weighted by molar-refractivity contribution is -0.116. The first-order chi connectivity index (χ1) is 14.5. The smallest absolute Gasteiger partial charge is 0.265 e. The van der Waals surface area contributed by atoms with E-state index in [1.807, 2.05) is 0 Å². The number of rotatable bonds is 4. The number of halogens is 1. The van der Waals surface area contributed by atoms with Gasteiger partial charge >= 0.3 is 0 Å². The molecule has 1 aromatic carbocycles. The monoisotopic (exact) mass is 443 g/mol. The Morgan fingerprint density at radius 3 is 2.83 bits per heavy atom. The Bertz CT molecular complexity index is 1330. The van der Waals surface area contributed by atoms with E-state index in [9.17, 15) is 14.0 Å². The third-order valence-electron chi connectivity index (χ3n) is 4.64. The maximum absolute atomic E-state index is 13.2. The lowest BCUT2D eigenvalue weighted by Gasteiger charge is -2.12. The molecular weight excluding hydrogens is 429 g/mol. The SMILES string of the molecule is Cc1nnc(NC(=O)C[C@@H]2CSc3nc4c(cnn4-c4ccc(F)cc4)c(=O)n32)s1. The molecule has 0 unspecified atom stereocenters. The van der Waals surface area contributed by atoms with E-state index in [0.29, 0.717) is 32.8 Å². The van der Waals surface area contributed by atoms with E-state index in [-0.39, 0.29) is 29.7 Å². The lowest BCUT2D eigenvalue weighted by Crippen LogP contribution is -2.27. The van der Waals surface area contributed by atoms with Crippen molar-refractivity contribution >= 4 is 45.2 Å². The van der Waals surface area contributed by atoms with Crippen molar-refractivity contribution in [2.45, 2.75) is 24.5 Å². The molecule has 0 saturated carbocycles. The minimum absolute atomic E-state index is 0.123. The Morgan fingerprint density at radius 1 is 1.30 bits per heavy atom. The molecule has 1 amide bonds. The number of benzene rings is 1. The van der Waals surface area contributed by atoms with Gasteiger partial charge in [-0.25, -0.2) is 14.1 Å². The minimum Gasteiger partial charge on any atom is -0.300 e. The molecule has 9 nitrogen and oxygen atoms in total. The van der Waals surface area contributed by atoms with E-state index < -0.39 is 0 Å². The van der Waals surface area contributed by atoms with Crippen LogP contribution in [0.2, 0.25) is 0 Å². The summed E-state index contributed by atoms with van der Waals surface area (Å²) in [7, 11) is 0. The van der Waals surface area contributed by atoms with Crippen molar-refractivity contribution in [1.29, 1.82) is 0 Å². The fourth-order valence-electron chi connectivity index (χ4n) is 3.28. The second-order valence-electron chi connectivity index (χ2n) is 6.68. The molecule has 30 heavy (non-hydrogen) atoms. The Morgan fingerprint density at radius 2 is 2.10 bits per heavy atom. The van der Waals surface area contributed by atoms with Gasteiger partial charge in [-0.3, -0.25) is 14.2 Å². The summed E-state index contributed by atoms with van der Waals surface area (Å²) in [4.78, 5) is 30.1. The summed E-state index contributed by atoms with van der Waals surface area (Å²) >= 11 is 2.70. The summed E-state index contributed by atoms with van der Waals surface area (Å²) in [5.74, 6) is -0.0374. The molecule has 0 aliphatic carbocycles. The predicted molar refractivity (Wildman–Crippen MR) is 111 cm³/mol. The van der Waals surface area contributed by atoms with Crippen molar-refractivity contribution in [3.63, 3.8) is 0 Å². The van der Waals surface area contributed by atoms with Crippen LogP contribution in [0, 0.1) is 12.7 Å². The fourth-order valence-corrected chi connectivity index (χ4v) is 5.02. The van der Waals surface area contributed by atoms with Gasteiger partial charge < -0.3 is 5.32 Å². The molecule has 0 radical (unpaired) electrons. The van der Waals surface area contributed by atoms with E-state index in [0.717, 1.165) is 5.01 Å². The number of thioether (sulfide) groups is 1. The third kappa shape index (κ3) is 3.27. The molecule has 0 spiro atoms. The number of nitrogens with zero attached hydrogens (tertiary/aromatic N) is 6. The van der Waals surface area contributed by atoms with Gasteiger partial charge in [-0.1, -0.05) is 23.1 Å². The first-order valence-electron chi connectivity index (χ1n) is 8.98. The Balaban J connectivity index is 1.46. The molecule has 1 aliphatic rings. The summed E-state index contributed by atoms with van der Waals surface area (Å²) in [6.07, 6.45) is 1.57. The Labute approximate surface area is 177 Å². The number of amides is 1. The van der Waals surface area contributed by atoms with E-state index in [1.165, 1.54) is 46.1 Å². The predicted octanol–water partition coefficient (Wildman–Crippen LogP) is 2.56. The van der Waals surface area contributed by atoms with Crippen LogP contribution in [-0.4, -0.2) is 41.2 Å². The number of aryl methyl sites for hydroxylation is 1. The normalized spacial score (nSPS) is 15.5. The van der Waals surface area contributed by atoms with Crippen molar-refractivity contribution in [3.8, 4) is 5.69 Å². The van der Waals surface area contributed by atoms with E-state index in [2.05, 4.69) is 25.6 Å². The number of nitrogens with one attached hydrogen (secondary N) is 1.